The van der Waals surface area contributed by atoms with Gasteiger partial charge >= 0.3 is 5.97 Å². The van der Waals surface area contributed by atoms with E-state index >= 15 is 0 Å². The molecule has 0 saturated carbocycles. The lowest BCUT2D eigenvalue weighted by Gasteiger charge is -2.14. The van der Waals surface area contributed by atoms with Crippen molar-refractivity contribution in [3.05, 3.63) is 0 Å². The van der Waals surface area contributed by atoms with Gasteiger partial charge in [-0.15, -0.1) is 0 Å². The Morgan fingerprint density at radius 1 is 1.21 bits per heavy atom. The molecule has 2 atom stereocenters. The van der Waals surface area contributed by atoms with Gasteiger partial charge in [0.2, 0.25) is 11.8 Å². The Kier molecular flexibility index (Phi) is 8.52. The second-order valence-corrected chi connectivity index (χ2v) is 4.42. The van der Waals surface area contributed by atoms with E-state index in [4.69, 9.17) is 5.11 Å². The number of hydrogen-bond acceptors (Lipinski definition) is 4. The summed E-state index contributed by atoms with van der Waals surface area (Å²) in [5.41, 5.74) is 0. The molecule has 0 rings (SSSR count). The van der Waals surface area contributed by atoms with Gasteiger partial charge in [-0.2, -0.15) is 0 Å². The van der Waals surface area contributed by atoms with E-state index in [1.54, 1.807) is 0 Å². The summed E-state index contributed by atoms with van der Waals surface area (Å²) in [7, 11) is 0. The molecule has 0 aliphatic carbocycles. The minimum Gasteiger partial charge on any atom is -0.480 e. The van der Waals surface area contributed by atoms with Gasteiger partial charge in [0.25, 0.3) is 0 Å². The highest BCUT2D eigenvalue weighted by atomic mass is 16.4. The highest BCUT2D eigenvalue weighted by Gasteiger charge is 2.17. The summed E-state index contributed by atoms with van der Waals surface area (Å²) in [5, 5.41) is 16.8. The lowest BCUT2D eigenvalue weighted by molar-refractivity contribution is -0.141. The maximum Gasteiger partial charge on any atom is 0.327 e. The summed E-state index contributed by atoms with van der Waals surface area (Å²) < 4.78 is 0. The second kappa shape index (κ2) is 9.32. The van der Waals surface area contributed by atoms with Gasteiger partial charge in [-0.25, -0.2) is 4.79 Å². The molecule has 19 heavy (non-hydrogen) atoms. The Morgan fingerprint density at radius 3 is 2.32 bits per heavy atom. The maximum atomic E-state index is 11.4. The maximum absolute atomic E-state index is 11.4. The van der Waals surface area contributed by atoms with E-state index in [9.17, 15) is 14.4 Å². The minimum absolute atomic E-state index is 0.0757. The lowest BCUT2D eigenvalue weighted by Crippen LogP contribution is -2.47. The molecule has 110 valence electrons. The molecular weight excluding hydrogens is 250 g/mol. The summed E-state index contributed by atoms with van der Waals surface area (Å²) in [6.45, 7) is 5.61. The number of aliphatic carboxylic acids is 1. The molecule has 0 aliphatic rings. The SMILES string of the molecule is CCC(C)NC(=O)CCNCC(NC(C)=O)C(=O)O. The van der Waals surface area contributed by atoms with Gasteiger partial charge in [0.05, 0.1) is 0 Å². The zero-order valence-corrected chi connectivity index (χ0v) is 11.7. The van der Waals surface area contributed by atoms with Gasteiger partial charge in [-0.3, -0.25) is 9.59 Å². The third-order valence-corrected chi connectivity index (χ3v) is 2.57. The van der Waals surface area contributed by atoms with Crippen molar-refractivity contribution in [3.8, 4) is 0 Å². The Labute approximate surface area is 113 Å². The number of carbonyl (C=O) groups excluding carboxylic acids is 2. The number of rotatable bonds is 9. The van der Waals surface area contributed by atoms with Gasteiger partial charge in [-0.05, 0) is 13.3 Å². The van der Waals surface area contributed by atoms with E-state index in [0.717, 1.165) is 6.42 Å². The average molecular weight is 273 g/mol. The lowest BCUT2D eigenvalue weighted by atomic mass is 10.2. The van der Waals surface area contributed by atoms with Crippen LogP contribution in [0.2, 0.25) is 0 Å². The normalized spacial score (nSPS) is 13.4. The number of nitrogens with one attached hydrogen (secondary N) is 3. The molecule has 0 aromatic carbocycles. The molecule has 4 N–H and O–H groups in total. The zero-order chi connectivity index (χ0) is 14.8. The number of carbonyl (C=O) groups is 3. The first-order valence-corrected chi connectivity index (χ1v) is 6.36. The van der Waals surface area contributed by atoms with E-state index in [1.165, 1.54) is 6.92 Å². The molecular formula is C12H23N3O4. The fraction of sp³-hybridized carbons (Fsp3) is 0.750. The molecule has 0 fully saturated rings. The molecule has 0 aliphatic heterocycles. The van der Waals surface area contributed by atoms with Crippen LogP contribution in [0.4, 0.5) is 0 Å². The molecule has 2 unspecified atom stereocenters. The van der Waals surface area contributed by atoms with E-state index in [1.807, 2.05) is 13.8 Å². The monoisotopic (exact) mass is 273 g/mol. The van der Waals surface area contributed by atoms with E-state index in [2.05, 4.69) is 16.0 Å². The number of hydrogen-bond donors (Lipinski definition) is 4. The number of carboxylic acids is 1. The summed E-state index contributed by atoms with van der Waals surface area (Å²) in [5.74, 6) is -1.58. The third kappa shape index (κ3) is 9.01. The molecule has 7 heteroatoms. The first-order valence-electron chi connectivity index (χ1n) is 6.36. The van der Waals surface area contributed by atoms with Crippen LogP contribution in [0, 0.1) is 0 Å². The summed E-state index contributed by atoms with van der Waals surface area (Å²) in [6.07, 6.45) is 1.14. The van der Waals surface area contributed by atoms with Crippen LogP contribution < -0.4 is 16.0 Å². The molecule has 0 radical (unpaired) electrons. The average Bonchev–Trinajstić information content (AvgIpc) is 2.32. The van der Waals surface area contributed by atoms with Crippen molar-refractivity contribution in [2.24, 2.45) is 0 Å². The fourth-order valence-electron chi connectivity index (χ4n) is 1.34. The molecule has 0 bridgehead atoms. The largest absolute Gasteiger partial charge is 0.480 e. The molecule has 0 saturated heterocycles. The highest BCUT2D eigenvalue weighted by Crippen LogP contribution is 1.89. The van der Waals surface area contributed by atoms with Crippen LogP contribution >= 0.6 is 0 Å². The van der Waals surface area contributed by atoms with Crippen molar-refractivity contribution in [2.75, 3.05) is 13.1 Å². The number of amides is 2. The van der Waals surface area contributed by atoms with Crippen molar-refractivity contribution in [1.29, 1.82) is 0 Å². The molecule has 0 aromatic rings. The Hall–Kier alpha value is -1.63. The summed E-state index contributed by atoms with van der Waals surface area (Å²) >= 11 is 0. The van der Waals surface area contributed by atoms with Crippen LogP contribution in [0.3, 0.4) is 0 Å². The van der Waals surface area contributed by atoms with Crippen LogP contribution in [0.25, 0.3) is 0 Å². The van der Waals surface area contributed by atoms with Crippen molar-refractivity contribution >= 4 is 17.8 Å². The predicted octanol–water partition coefficient (Wildman–Crippen LogP) is -0.530. The van der Waals surface area contributed by atoms with Crippen LogP contribution in [0.5, 0.6) is 0 Å². The highest BCUT2D eigenvalue weighted by molar-refractivity contribution is 5.82. The molecule has 0 aromatic heterocycles. The van der Waals surface area contributed by atoms with Crippen LogP contribution in [0.1, 0.15) is 33.6 Å². The predicted molar refractivity (Wildman–Crippen MR) is 70.6 cm³/mol. The third-order valence-electron chi connectivity index (χ3n) is 2.57. The topological polar surface area (TPSA) is 108 Å². The Morgan fingerprint density at radius 2 is 1.84 bits per heavy atom. The fourth-order valence-corrected chi connectivity index (χ4v) is 1.34. The quantitative estimate of drug-likeness (QED) is 0.422. The molecule has 7 nitrogen and oxygen atoms in total. The van der Waals surface area contributed by atoms with Gasteiger partial charge < -0.3 is 21.1 Å². The smallest absolute Gasteiger partial charge is 0.327 e. The van der Waals surface area contributed by atoms with Crippen molar-refractivity contribution in [2.45, 2.75) is 45.7 Å². The van der Waals surface area contributed by atoms with Crippen LogP contribution in [-0.2, 0) is 14.4 Å². The zero-order valence-electron chi connectivity index (χ0n) is 11.7. The van der Waals surface area contributed by atoms with Crippen molar-refractivity contribution in [3.63, 3.8) is 0 Å². The van der Waals surface area contributed by atoms with Gasteiger partial charge in [0.1, 0.15) is 6.04 Å². The standard InChI is InChI=1S/C12H23N3O4/c1-4-8(2)14-11(17)5-6-13-7-10(12(18)19)15-9(3)16/h8,10,13H,4-7H2,1-3H3,(H,14,17)(H,15,16)(H,18,19). The van der Waals surface area contributed by atoms with Crippen molar-refractivity contribution < 1.29 is 19.5 Å². The van der Waals surface area contributed by atoms with Crippen LogP contribution in [-0.4, -0.2) is 48.1 Å². The summed E-state index contributed by atoms with van der Waals surface area (Å²) in [6, 6.07) is -0.839. The van der Waals surface area contributed by atoms with Gasteiger partial charge in [-0.1, -0.05) is 6.92 Å². The first kappa shape index (κ1) is 17.4. The van der Waals surface area contributed by atoms with E-state index in [-0.39, 0.29) is 24.9 Å². The van der Waals surface area contributed by atoms with Gasteiger partial charge in [0, 0.05) is 32.5 Å². The number of carboxylic acid groups (broad SMARTS) is 1. The minimum atomic E-state index is -1.10. The van der Waals surface area contributed by atoms with Crippen molar-refractivity contribution in [1.82, 2.24) is 16.0 Å². The summed E-state index contributed by atoms with van der Waals surface area (Å²) in [4.78, 5) is 33.0. The molecule has 0 heterocycles. The van der Waals surface area contributed by atoms with E-state index < -0.39 is 17.9 Å². The Bertz CT molecular complexity index is 320. The van der Waals surface area contributed by atoms with Crippen LogP contribution in [0.15, 0.2) is 0 Å². The van der Waals surface area contributed by atoms with E-state index in [0.29, 0.717) is 6.54 Å². The Balaban J connectivity index is 3.85. The molecule has 2 amide bonds. The van der Waals surface area contributed by atoms with Gasteiger partial charge in [0.15, 0.2) is 0 Å². The second-order valence-electron chi connectivity index (χ2n) is 4.42. The molecule has 0 spiro atoms. The first-order chi connectivity index (χ1) is 8.86.